The third-order valence-electron chi connectivity index (χ3n) is 1.64. The van der Waals surface area contributed by atoms with Crippen LogP contribution >= 0.6 is 11.6 Å². The molecule has 6 heteroatoms. The molecule has 1 amide bonds. The van der Waals surface area contributed by atoms with Gasteiger partial charge in [0.05, 0.1) is 17.3 Å². The Morgan fingerprint density at radius 3 is 3.00 bits per heavy atom. The van der Waals surface area contributed by atoms with Crippen molar-refractivity contribution in [2.45, 2.75) is 20.0 Å². The first-order valence-electron chi connectivity index (χ1n) is 4.46. The SMILES string of the molecule is Cc1ncc(Cl)c(C(=O)NCC(C)O)n1. The lowest BCUT2D eigenvalue weighted by Crippen LogP contribution is -2.31. The molecule has 0 aliphatic carbocycles. The highest BCUT2D eigenvalue weighted by molar-refractivity contribution is 6.33. The Balaban J connectivity index is 2.77. The van der Waals surface area contributed by atoms with Gasteiger partial charge in [0.25, 0.3) is 5.91 Å². The first-order chi connectivity index (χ1) is 7.00. The minimum atomic E-state index is -0.601. The van der Waals surface area contributed by atoms with Crippen molar-refractivity contribution < 1.29 is 9.90 Å². The lowest BCUT2D eigenvalue weighted by Gasteiger charge is -2.07. The third-order valence-corrected chi connectivity index (χ3v) is 1.91. The number of aliphatic hydroxyl groups excluding tert-OH is 1. The predicted octanol–water partition coefficient (Wildman–Crippen LogP) is 0.549. The second-order valence-corrected chi connectivity index (χ2v) is 3.58. The van der Waals surface area contributed by atoms with Crippen LogP contribution in [0.5, 0.6) is 0 Å². The first kappa shape index (κ1) is 11.9. The van der Waals surface area contributed by atoms with E-state index in [2.05, 4.69) is 15.3 Å². The van der Waals surface area contributed by atoms with Gasteiger partial charge in [0, 0.05) is 6.54 Å². The van der Waals surface area contributed by atoms with Crippen LogP contribution < -0.4 is 5.32 Å². The van der Waals surface area contributed by atoms with Crippen LogP contribution in [-0.2, 0) is 0 Å². The molecule has 0 aliphatic heterocycles. The number of rotatable bonds is 3. The van der Waals surface area contributed by atoms with E-state index in [1.807, 2.05) is 0 Å². The van der Waals surface area contributed by atoms with Gasteiger partial charge in [-0.05, 0) is 13.8 Å². The van der Waals surface area contributed by atoms with Gasteiger partial charge in [-0.25, -0.2) is 9.97 Å². The standard InChI is InChI=1S/C9H12ClN3O2/c1-5(14)3-12-9(15)8-7(10)4-11-6(2)13-8/h4-5,14H,3H2,1-2H3,(H,12,15). The lowest BCUT2D eigenvalue weighted by atomic mass is 10.3. The Labute approximate surface area is 92.5 Å². The molecule has 2 N–H and O–H groups in total. The van der Waals surface area contributed by atoms with Gasteiger partial charge in [-0.2, -0.15) is 0 Å². The van der Waals surface area contributed by atoms with E-state index in [1.165, 1.54) is 6.20 Å². The predicted molar refractivity (Wildman–Crippen MR) is 55.8 cm³/mol. The van der Waals surface area contributed by atoms with Crippen molar-refractivity contribution in [1.29, 1.82) is 0 Å². The fourth-order valence-corrected chi connectivity index (χ4v) is 1.12. The Hall–Kier alpha value is -1.20. The summed E-state index contributed by atoms with van der Waals surface area (Å²) in [5, 5.41) is 11.7. The lowest BCUT2D eigenvalue weighted by molar-refractivity contribution is 0.0919. The average molecular weight is 230 g/mol. The maximum atomic E-state index is 11.5. The second-order valence-electron chi connectivity index (χ2n) is 3.17. The summed E-state index contributed by atoms with van der Waals surface area (Å²) in [5.74, 6) is 0.0630. The Bertz CT molecular complexity index is 368. The maximum absolute atomic E-state index is 11.5. The molecule has 15 heavy (non-hydrogen) atoms. The van der Waals surface area contributed by atoms with Crippen LogP contribution in [0.4, 0.5) is 0 Å². The third kappa shape index (κ3) is 3.45. The van der Waals surface area contributed by atoms with E-state index >= 15 is 0 Å². The van der Waals surface area contributed by atoms with E-state index in [9.17, 15) is 4.79 Å². The van der Waals surface area contributed by atoms with Crippen molar-refractivity contribution >= 4 is 17.5 Å². The molecule has 1 aromatic rings. The van der Waals surface area contributed by atoms with Gasteiger partial charge in [-0.3, -0.25) is 4.79 Å². The molecule has 0 aromatic carbocycles. The highest BCUT2D eigenvalue weighted by atomic mass is 35.5. The maximum Gasteiger partial charge on any atom is 0.271 e. The Kier molecular flexibility index (Phi) is 3.99. The van der Waals surface area contributed by atoms with Crippen LogP contribution in [0, 0.1) is 6.92 Å². The van der Waals surface area contributed by atoms with Crippen molar-refractivity contribution in [1.82, 2.24) is 15.3 Å². The van der Waals surface area contributed by atoms with Crippen LogP contribution in [0.1, 0.15) is 23.2 Å². The number of halogens is 1. The zero-order chi connectivity index (χ0) is 11.4. The fourth-order valence-electron chi connectivity index (χ4n) is 0.939. The quantitative estimate of drug-likeness (QED) is 0.794. The largest absolute Gasteiger partial charge is 0.392 e. The first-order valence-corrected chi connectivity index (χ1v) is 4.84. The second kappa shape index (κ2) is 5.04. The number of hydrogen-bond donors (Lipinski definition) is 2. The molecule has 82 valence electrons. The summed E-state index contributed by atoms with van der Waals surface area (Å²) in [6, 6.07) is 0. The molecule has 0 saturated heterocycles. The number of nitrogens with one attached hydrogen (secondary N) is 1. The van der Waals surface area contributed by atoms with Crippen LogP contribution in [-0.4, -0.2) is 33.6 Å². The van der Waals surface area contributed by atoms with Crippen molar-refractivity contribution in [2.75, 3.05) is 6.54 Å². The topological polar surface area (TPSA) is 75.1 Å². The van der Waals surface area contributed by atoms with Crippen LogP contribution in [0.15, 0.2) is 6.20 Å². The van der Waals surface area contributed by atoms with Crippen molar-refractivity contribution in [3.05, 3.63) is 22.7 Å². The molecule has 1 atom stereocenters. The van der Waals surface area contributed by atoms with Gasteiger partial charge >= 0.3 is 0 Å². The van der Waals surface area contributed by atoms with Crippen LogP contribution in [0.25, 0.3) is 0 Å². The van der Waals surface area contributed by atoms with Gasteiger partial charge in [0.1, 0.15) is 11.5 Å². The minimum Gasteiger partial charge on any atom is -0.392 e. The van der Waals surface area contributed by atoms with E-state index in [0.29, 0.717) is 5.82 Å². The molecule has 0 aliphatic rings. The van der Waals surface area contributed by atoms with Crippen LogP contribution in [0.3, 0.4) is 0 Å². The fraction of sp³-hybridized carbons (Fsp3) is 0.444. The Morgan fingerprint density at radius 2 is 2.40 bits per heavy atom. The van der Waals surface area contributed by atoms with Crippen molar-refractivity contribution in [2.24, 2.45) is 0 Å². The number of amides is 1. The highest BCUT2D eigenvalue weighted by Gasteiger charge is 2.13. The van der Waals surface area contributed by atoms with E-state index in [1.54, 1.807) is 13.8 Å². The molecule has 0 spiro atoms. The summed E-state index contributed by atoms with van der Waals surface area (Å²) in [6.07, 6.45) is 0.775. The van der Waals surface area contributed by atoms with Gasteiger partial charge in [0.15, 0.2) is 0 Å². The molecule has 0 fully saturated rings. The number of carbonyl (C=O) groups is 1. The van der Waals surface area contributed by atoms with Crippen molar-refractivity contribution in [3.63, 3.8) is 0 Å². The zero-order valence-corrected chi connectivity index (χ0v) is 9.25. The monoisotopic (exact) mass is 229 g/mol. The minimum absolute atomic E-state index is 0.129. The van der Waals surface area contributed by atoms with E-state index in [-0.39, 0.29) is 17.3 Å². The summed E-state index contributed by atoms with van der Waals surface area (Å²) >= 11 is 5.76. The van der Waals surface area contributed by atoms with Crippen molar-refractivity contribution in [3.8, 4) is 0 Å². The molecule has 0 bridgehead atoms. The zero-order valence-electron chi connectivity index (χ0n) is 8.49. The smallest absolute Gasteiger partial charge is 0.271 e. The normalized spacial score (nSPS) is 12.3. The highest BCUT2D eigenvalue weighted by Crippen LogP contribution is 2.11. The molecular weight excluding hydrogens is 218 g/mol. The van der Waals surface area contributed by atoms with E-state index in [0.717, 1.165) is 0 Å². The molecule has 0 saturated carbocycles. The molecular formula is C9H12ClN3O2. The van der Waals surface area contributed by atoms with Gasteiger partial charge in [-0.15, -0.1) is 0 Å². The summed E-state index contributed by atoms with van der Waals surface area (Å²) < 4.78 is 0. The molecule has 0 radical (unpaired) electrons. The van der Waals surface area contributed by atoms with E-state index < -0.39 is 12.0 Å². The van der Waals surface area contributed by atoms with Crippen LogP contribution in [0.2, 0.25) is 5.02 Å². The molecule has 1 unspecified atom stereocenters. The number of nitrogens with zero attached hydrogens (tertiary/aromatic N) is 2. The summed E-state index contributed by atoms with van der Waals surface area (Å²) in [5.41, 5.74) is 0.129. The molecule has 1 rings (SSSR count). The summed E-state index contributed by atoms with van der Waals surface area (Å²) in [6.45, 7) is 3.41. The van der Waals surface area contributed by atoms with E-state index in [4.69, 9.17) is 16.7 Å². The number of carbonyl (C=O) groups excluding carboxylic acids is 1. The van der Waals surface area contributed by atoms with Gasteiger partial charge < -0.3 is 10.4 Å². The molecule has 1 heterocycles. The number of hydrogen-bond acceptors (Lipinski definition) is 4. The number of aryl methyl sites for hydroxylation is 1. The summed E-state index contributed by atoms with van der Waals surface area (Å²) in [4.78, 5) is 19.3. The Morgan fingerprint density at radius 1 is 1.73 bits per heavy atom. The number of aliphatic hydroxyl groups is 1. The van der Waals surface area contributed by atoms with Gasteiger partial charge in [0.2, 0.25) is 0 Å². The molecule has 5 nitrogen and oxygen atoms in total. The summed E-state index contributed by atoms with van der Waals surface area (Å²) in [7, 11) is 0. The van der Waals surface area contributed by atoms with Gasteiger partial charge in [-0.1, -0.05) is 11.6 Å². The molecule has 1 aromatic heterocycles. The number of aromatic nitrogens is 2. The average Bonchev–Trinajstić information content (AvgIpc) is 2.18.